The Bertz CT molecular complexity index is 1100. The van der Waals surface area contributed by atoms with E-state index in [2.05, 4.69) is 9.72 Å². The molecule has 1 aromatic heterocycles. The summed E-state index contributed by atoms with van der Waals surface area (Å²) in [4.78, 5) is 27.7. The molecule has 3 rings (SSSR count). The van der Waals surface area contributed by atoms with Crippen LogP contribution in [0.3, 0.4) is 0 Å². The highest BCUT2D eigenvalue weighted by atomic mass is 19.4. The largest absolute Gasteiger partial charge is 0.573 e. The molecular formula is C21H18F3NO4. The molecule has 3 aromatic rings. The number of rotatable bonds is 5. The number of carbonyl (C=O) groups is 1. The van der Waals surface area contributed by atoms with Crippen LogP contribution in [0.25, 0.3) is 10.9 Å². The van der Waals surface area contributed by atoms with Crippen LogP contribution in [0.2, 0.25) is 0 Å². The Kier molecular flexibility index (Phi) is 5.63. The number of hydrogen-bond acceptors (Lipinski definition) is 4. The summed E-state index contributed by atoms with van der Waals surface area (Å²) >= 11 is 0. The Morgan fingerprint density at radius 2 is 1.72 bits per heavy atom. The topological polar surface area (TPSA) is 68.4 Å². The van der Waals surface area contributed by atoms with Crippen molar-refractivity contribution in [3.63, 3.8) is 0 Å². The predicted molar refractivity (Wildman–Crippen MR) is 101 cm³/mol. The second-order valence-corrected chi connectivity index (χ2v) is 6.42. The van der Waals surface area contributed by atoms with E-state index in [1.165, 1.54) is 12.1 Å². The summed E-state index contributed by atoms with van der Waals surface area (Å²) in [6.45, 7) is 3.46. The van der Waals surface area contributed by atoms with Crippen molar-refractivity contribution in [3.05, 3.63) is 75.1 Å². The van der Waals surface area contributed by atoms with Crippen LogP contribution in [-0.4, -0.2) is 23.9 Å². The van der Waals surface area contributed by atoms with Crippen molar-refractivity contribution < 1.29 is 27.4 Å². The second kappa shape index (κ2) is 7.98. The molecule has 0 aliphatic carbocycles. The van der Waals surface area contributed by atoms with Gasteiger partial charge in [0.2, 0.25) is 5.43 Å². The molecule has 8 heteroatoms. The number of carbonyl (C=O) groups excluding carboxylic acids is 1. The van der Waals surface area contributed by atoms with E-state index in [-0.39, 0.29) is 17.9 Å². The van der Waals surface area contributed by atoms with Crippen LogP contribution in [0.4, 0.5) is 13.2 Å². The smallest absolute Gasteiger partial charge is 0.462 e. The molecule has 152 valence electrons. The zero-order valence-electron chi connectivity index (χ0n) is 15.7. The van der Waals surface area contributed by atoms with E-state index in [1.807, 2.05) is 0 Å². The molecule has 0 bridgehead atoms. The van der Waals surface area contributed by atoms with Crippen LogP contribution >= 0.6 is 0 Å². The number of halogens is 3. The molecule has 1 N–H and O–H groups in total. The first-order chi connectivity index (χ1) is 13.7. The van der Waals surface area contributed by atoms with E-state index >= 15 is 0 Å². The lowest BCUT2D eigenvalue weighted by atomic mass is 10.0. The molecule has 0 atom stereocenters. The molecule has 0 aliphatic heterocycles. The number of H-pyrrole nitrogens is 1. The highest BCUT2D eigenvalue weighted by molar-refractivity contribution is 5.95. The molecule has 0 unspecified atom stereocenters. The maximum absolute atomic E-state index is 12.7. The van der Waals surface area contributed by atoms with Gasteiger partial charge >= 0.3 is 12.3 Å². The minimum absolute atomic E-state index is 0.0210. The number of esters is 1. The Morgan fingerprint density at radius 1 is 1.07 bits per heavy atom. The zero-order chi connectivity index (χ0) is 21.2. The van der Waals surface area contributed by atoms with Crippen molar-refractivity contribution >= 4 is 16.9 Å². The molecule has 0 fully saturated rings. The summed E-state index contributed by atoms with van der Waals surface area (Å²) in [7, 11) is 0. The van der Waals surface area contributed by atoms with Crippen LogP contribution in [0.15, 0.2) is 47.3 Å². The van der Waals surface area contributed by atoms with Gasteiger partial charge in [-0.25, -0.2) is 4.79 Å². The molecule has 0 saturated heterocycles. The number of ether oxygens (including phenoxy) is 2. The van der Waals surface area contributed by atoms with Crippen molar-refractivity contribution in [2.45, 2.75) is 26.6 Å². The van der Waals surface area contributed by atoms with Crippen LogP contribution in [0, 0.1) is 6.92 Å². The summed E-state index contributed by atoms with van der Waals surface area (Å²) in [6, 6.07) is 10.7. The van der Waals surface area contributed by atoms with Gasteiger partial charge in [-0.2, -0.15) is 0 Å². The summed E-state index contributed by atoms with van der Waals surface area (Å²) in [5.74, 6) is -0.954. The molecule has 0 radical (unpaired) electrons. The van der Waals surface area contributed by atoms with Crippen LogP contribution in [0.5, 0.6) is 5.75 Å². The van der Waals surface area contributed by atoms with E-state index in [9.17, 15) is 22.8 Å². The molecular weight excluding hydrogens is 387 g/mol. The van der Waals surface area contributed by atoms with Gasteiger partial charge in [0.15, 0.2) is 0 Å². The SMILES string of the molecule is CCOC(=O)c1c(C)[nH]c2cc(Cc3ccc(OC(F)(F)F)cc3)ccc2c1=O. The zero-order valence-corrected chi connectivity index (χ0v) is 15.7. The highest BCUT2D eigenvalue weighted by Gasteiger charge is 2.30. The molecule has 0 saturated carbocycles. The molecule has 29 heavy (non-hydrogen) atoms. The van der Waals surface area contributed by atoms with Gasteiger partial charge in [-0.15, -0.1) is 13.2 Å². The first kappa shape index (κ1) is 20.4. The molecule has 1 heterocycles. The van der Waals surface area contributed by atoms with E-state index in [0.29, 0.717) is 23.0 Å². The third kappa shape index (κ3) is 4.77. The van der Waals surface area contributed by atoms with E-state index in [1.54, 1.807) is 44.2 Å². The lowest BCUT2D eigenvalue weighted by Gasteiger charge is -2.10. The molecule has 0 aliphatic rings. The van der Waals surface area contributed by atoms with Crippen LogP contribution in [-0.2, 0) is 11.2 Å². The van der Waals surface area contributed by atoms with Crippen molar-refractivity contribution in [1.29, 1.82) is 0 Å². The predicted octanol–water partition coefficient (Wildman–Crippen LogP) is 4.50. The van der Waals surface area contributed by atoms with Crippen molar-refractivity contribution in [2.75, 3.05) is 6.61 Å². The number of nitrogens with one attached hydrogen (secondary N) is 1. The molecule has 2 aromatic carbocycles. The number of fused-ring (bicyclic) bond motifs is 1. The summed E-state index contributed by atoms with van der Waals surface area (Å²) in [5, 5.41) is 0.358. The second-order valence-electron chi connectivity index (χ2n) is 6.42. The van der Waals surface area contributed by atoms with Gasteiger partial charge in [0.05, 0.1) is 6.61 Å². The van der Waals surface area contributed by atoms with Gasteiger partial charge in [-0.3, -0.25) is 4.79 Å². The molecule has 0 spiro atoms. The van der Waals surface area contributed by atoms with Gasteiger partial charge in [0.25, 0.3) is 0 Å². The van der Waals surface area contributed by atoms with Gasteiger partial charge in [-0.1, -0.05) is 18.2 Å². The maximum atomic E-state index is 12.7. The standard InChI is InChI=1S/C21H18F3NO4/c1-3-28-20(27)18-12(2)25-17-11-14(6-9-16(17)19(18)26)10-13-4-7-15(8-5-13)29-21(22,23)24/h4-9,11H,3,10H2,1-2H3,(H,25,26). The Morgan fingerprint density at radius 3 is 2.34 bits per heavy atom. The summed E-state index contributed by atoms with van der Waals surface area (Å²) in [6.07, 6.45) is -4.28. The van der Waals surface area contributed by atoms with Crippen LogP contribution in [0.1, 0.15) is 34.1 Å². The Balaban J connectivity index is 1.87. The minimum atomic E-state index is -4.73. The number of aromatic amines is 1. The van der Waals surface area contributed by atoms with Crippen molar-refractivity contribution in [1.82, 2.24) is 4.98 Å². The first-order valence-electron chi connectivity index (χ1n) is 8.85. The van der Waals surface area contributed by atoms with Gasteiger partial charge < -0.3 is 14.5 Å². The quantitative estimate of drug-likeness (QED) is 0.635. The number of alkyl halides is 3. The number of aromatic nitrogens is 1. The van der Waals surface area contributed by atoms with Gasteiger partial charge in [-0.05, 0) is 55.7 Å². The normalized spacial score (nSPS) is 11.5. The van der Waals surface area contributed by atoms with Gasteiger partial charge in [0.1, 0.15) is 11.3 Å². The lowest BCUT2D eigenvalue weighted by molar-refractivity contribution is -0.274. The lowest BCUT2D eigenvalue weighted by Crippen LogP contribution is -2.20. The number of benzene rings is 2. The monoisotopic (exact) mass is 405 g/mol. The van der Waals surface area contributed by atoms with Crippen LogP contribution < -0.4 is 10.2 Å². The Hall–Kier alpha value is -3.29. The summed E-state index contributed by atoms with van der Waals surface area (Å²) in [5.41, 5.74) is 2.17. The van der Waals surface area contributed by atoms with Gasteiger partial charge in [0, 0.05) is 16.6 Å². The number of pyridine rings is 1. The van der Waals surface area contributed by atoms with Crippen molar-refractivity contribution in [3.8, 4) is 5.75 Å². The number of aryl methyl sites for hydroxylation is 1. The molecule has 0 amide bonds. The number of hydrogen-bond donors (Lipinski definition) is 1. The Labute approximate surface area is 164 Å². The highest BCUT2D eigenvalue weighted by Crippen LogP contribution is 2.24. The van der Waals surface area contributed by atoms with E-state index in [4.69, 9.17) is 4.74 Å². The maximum Gasteiger partial charge on any atom is 0.573 e. The average molecular weight is 405 g/mol. The van der Waals surface area contributed by atoms with E-state index in [0.717, 1.165) is 11.1 Å². The fourth-order valence-electron chi connectivity index (χ4n) is 3.07. The fourth-order valence-corrected chi connectivity index (χ4v) is 3.07. The average Bonchev–Trinajstić information content (AvgIpc) is 2.62. The third-order valence-corrected chi connectivity index (χ3v) is 4.30. The fraction of sp³-hybridized carbons (Fsp3) is 0.238. The molecule has 5 nitrogen and oxygen atoms in total. The third-order valence-electron chi connectivity index (χ3n) is 4.30. The first-order valence-corrected chi connectivity index (χ1v) is 8.85. The summed E-state index contributed by atoms with van der Waals surface area (Å²) < 4.78 is 45.5. The van der Waals surface area contributed by atoms with Crippen molar-refractivity contribution in [2.24, 2.45) is 0 Å². The minimum Gasteiger partial charge on any atom is -0.462 e. The van der Waals surface area contributed by atoms with E-state index < -0.39 is 17.8 Å².